The van der Waals surface area contributed by atoms with E-state index in [1.54, 1.807) is 6.07 Å². The van der Waals surface area contributed by atoms with Crippen LogP contribution in [0.1, 0.15) is 18.5 Å². The van der Waals surface area contributed by atoms with Gasteiger partial charge in [0.25, 0.3) is 0 Å². The molecule has 1 unspecified atom stereocenters. The monoisotopic (exact) mass is 279 g/mol. The van der Waals surface area contributed by atoms with Gasteiger partial charge in [0, 0.05) is 35.0 Å². The quantitative estimate of drug-likeness (QED) is 0.824. The van der Waals surface area contributed by atoms with Crippen LogP contribution in [0.2, 0.25) is 0 Å². The second-order valence-corrected chi connectivity index (χ2v) is 5.27. The third-order valence-corrected chi connectivity index (χ3v) is 4.11. The second-order valence-electron chi connectivity index (χ2n) is 4.21. The van der Waals surface area contributed by atoms with Gasteiger partial charge in [-0.15, -0.1) is 11.8 Å². The Morgan fingerprint density at radius 2 is 2.21 bits per heavy atom. The zero-order chi connectivity index (χ0) is 13.7. The van der Waals surface area contributed by atoms with Gasteiger partial charge in [0.1, 0.15) is 5.82 Å². The molecule has 1 atom stereocenters. The Bertz CT molecular complexity index is 527. The summed E-state index contributed by atoms with van der Waals surface area (Å²) in [5, 5.41) is 7.52. The highest BCUT2D eigenvalue weighted by Gasteiger charge is 2.13. The van der Waals surface area contributed by atoms with Crippen LogP contribution in [0.15, 0.2) is 41.6 Å². The second kappa shape index (κ2) is 6.73. The van der Waals surface area contributed by atoms with E-state index in [-0.39, 0.29) is 11.9 Å². The fourth-order valence-corrected chi connectivity index (χ4v) is 2.90. The molecule has 0 aliphatic rings. The molecule has 0 amide bonds. The standard InChI is InChI=1S/C14H18FN3S/c1-3-18-9-11(8-17-18)13(16-2)10-19-14-7-5-4-6-12(14)15/h4-9,13,16H,3,10H2,1-2H3. The SMILES string of the molecule is CCn1cc(C(CSc2ccccc2F)NC)cn1. The summed E-state index contributed by atoms with van der Waals surface area (Å²) in [6.07, 6.45) is 3.90. The van der Waals surface area contributed by atoms with Gasteiger partial charge >= 0.3 is 0 Å². The molecule has 0 fully saturated rings. The van der Waals surface area contributed by atoms with Gasteiger partial charge in [-0.2, -0.15) is 5.10 Å². The molecule has 1 heterocycles. The lowest BCUT2D eigenvalue weighted by atomic mass is 10.2. The topological polar surface area (TPSA) is 29.9 Å². The van der Waals surface area contributed by atoms with Crippen LogP contribution in [0, 0.1) is 5.82 Å². The number of nitrogens with zero attached hydrogens (tertiary/aromatic N) is 2. The Morgan fingerprint density at radius 3 is 2.84 bits per heavy atom. The van der Waals surface area contributed by atoms with Crippen LogP contribution < -0.4 is 5.32 Å². The van der Waals surface area contributed by atoms with Crippen molar-refractivity contribution in [3.05, 3.63) is 48.0 Å². The average Bonchev–Trinajstić information content (AvgIpc) is 2.90. The molecule has 3 nitrogen and oxygen atoms in total. The number of nitrogens with one attached hydrogen (secondary N) is 1. The molecule has 0 saturated carbocycles. The average molecular weight is 279 g/mol. The zero-order valence-corrected chi connectivity index (χ0v) is 12.0. The van der Waals surface area contributed by atoms with Crippen LogP contribution >= 0.6 is 11.8 Å². The molecule has 0 bridgehead atoms. The fourth-order valence-electron chi connectivity index (χ4n) is 1.81. The van der Waals surface area contributed by atoms with Crippen molar-refractivity contribution in [1.82, 2.24) is 15.1 Å². The predicted octanol–water partition coefficient (Wildman–Crippen LogP) is 3.09. The van der Waals surface area contributed by atoms with Crippen LogP contribution in [-0.4, -0.2) is 22.6 Å². The van der Waals surface area contributed by atoms with E-state index in [0.717, 1.165) is 17.9 Å². The third-order valence-electron chi connectivity index (χ3n) is 2.97. The van der Waals surface area contributed by atoms with Gasteiger partial charge in [0.2, 0.25) is 0 Å². The van der Waals surface area contributed by atoms with Crippen LogP contribution in [0.5, 0.6) is 0 Å². The maximum Gasteiger partial charge on any atom is 0.136 e. The molecule has 0 aliphatic carbocycles. The van der Waals surface area contributed by atoms with E-state index >= 15 is 0 Å². The van der Waals surface area contributed by atoms with Crippen LogP contribution in [0.4, 0.5) is 4.39 Å². The van der Waals surface area contributed by atoms with Crippen molar-refractivity contribution in [3.63, 3.8) is 0 Å². The highest BCUT2D eigenvalue weighted by atomic mass is 32.2. The molecule has 2 aromatic rings. The highest BCUT2D eigenvalue weighted by Crippen LogP contribution is 2.26. The van der Waals surface area contributed by atoms with Crippen LogP contribution in [-0.2, 0) is 6.54 Å². The van der Waals surface area contributed by atoms with Crippen molar-refractivity contribution in [3.8, 4) is 0 Å². The lowest BCUT2D eigenvalue weighted by molar-refractivity contribution is 0.600. The first-order valence-electron chi connectivity index (χ1n) is 6.31. The maximum atomic E-state index is 13.5. The largest absolute Gasteiger partial charge is 0.312 e. The molecule has 19 heavy (non-hydrogen) atoms. The fraction of sp³-hybridized carbons (Fsp3) is 0.357. The minimum atomic E-state index is -0.161. The van der Waals surface area contributed by atoms with E-state index in [2.05, 4.69) is 17.3 Å². The third kappa shape index (κ3) is 3.58. The molecule has 0 spiro atoms. The molecule has 5 heteroatoms. The van der Waals surface area contributed by atoms with Gasteiger partial charge in [0.05, 0.1) is 6.20 Å². The maximum absolute atomic E-state index is 13.5. The molecule has 1 N–H and O–H groups in total. The normalized spacial score (nSPS) is 12.6. The molecular formula is C14H18FN3S. The van der Waals surface area contributed by atoms with Crippen molar-refractivity contribution >= 4 is 11.8 Å². The van der Waals surface area contributed by atoms with Crippen molar-refractivity contribution in [1.29, 1.82) is 0 Å². The number of aryl methyl sites for hydroxylation is 1. The predicted molar refractivity (Wildman–Crippen MR) is 76.8 cm³/mol. The van der Waals surface area contributed by atoms with Crippen LogP contribution in [0.25, 0.3) is 0 Å². The van der Waals surface area contributed by atoms with Gasteiger partial charge < -0.3 is 5.32 Å². The summed E-state index contributed by atoms with van der Waals surface area (Å²) in [5.74, 6) is 0.610. The van der Waals surface area contributed by atoms with E-state index in [9.17, 15) is 4.39 Å². The van der Waals surface area contributed by atoms with Gasteiger partial charge in [-0.1, -0.05) is 12.1 Å². The van der Waals surface area contributed by atoms with E-state index in [1.165, 1.54) is 17.8 Å². The molecular weight excluding hydrogens is 261 g/mol. The lowest BCUT2D eigenvalue weighted by Gasteiger charge is -2.14. The van der Waals surface area contributed by atoms with Gasteiger partial charge in [0.15, 0.2) is 0 Å². The van der Waals surface area contributed by atoms with E-state index in [4.69, 9.17) is 0 Å². The summed E-state index contributed by atoms with van der Waals surface area (Å²) in [7, 11) is 1.91. The minimum absolute atomic E-state index is 0.161. The summed E-state index contributed by atoms with van der Waals surface area (Å²) in [5.41, 5.74) is 1.13. The molecule has 1 aromatic carbocycles. The van der Waals surface area contributed by atoms with Crippen LogP contribution in [0.3, 0.4) is 0 Å². The zero-order valence-electron chi connectivity index (χ0n) is 11.1. The number of aromatic nitrogens is 2. The molecule has 1 aromatic heterocycles. The summed E-state index contributed by atoms with van der Waals surface area (Å²) in [4.78, 5) is 0.686. The van der Waals surface area contributed by atoms with Gasteiger partial charge in [-0.25, -0.2) is 4.39 Å². The van der Waals surface area contributed by atoms with Gasteiger partial charge in [-0.3, -0.25) is 4.68 Å². The Kier molecular flexibility index (Phi) is 4.99. The van der Waals surface area contributed by atoms with E-state index in [1.807, 2.05) is 36.3 Å². The van der Waals surface area contributed by atoms with Gasteiger partial charge in [-0.05, 0) is 26.1 Å². The molecule has 0 radical (unpaired) electrons. The molecule has 0 aliphatic heterocycles. The Balaban J connectivity index is 2.02. The van der Waals surface area contributed by atoms with Crippen molar-refractivity contribution in [2.45, 2.75) is 24.4 Å². The number of hydrogen-bond acceptors (Lipinski definition) is 3. The van der Waals surface area contributed by atoms with E-state index in [0.29, 0.717) is 4.90 Å². The number of halogens is 1. The molecule has 2 rings (SSSR count). The smallest absolute Gasteiger partial charge is 0.136 e. The first-order chi connectivity index (χ1) is 9.24. The summed E-state index contributed by atoms with van der Waals surface area (Å²) >= 11 is 1.52. The summed E-state index contributed by atoms with van der Waals surface area (Å²) < 4.78 is 15.4. The first kappa shape index (κ1) is 14.1. The Hall–Kier alpha value is -1.33. The number of benzene rings is 1. The first-order valence-corrected chi connectivity index (χ1v) is 7.30. The number of thioether (sulfide) groups is 1. The summed E-state index contributed by atoms with van der Waals surface area (Å²) in [6, 6.07) is 7.04. The van der Waals surface area contributed by atoms with Crippen molar-refractivity contribution in [2.75, 3.05) is 12.8 Å². The van der Waals surface area contributed by atoms with Crippen molar-refractivity contribution in [2.24, 2.45) is 0 Å². The Morgan fingerprint density at radius 1 is 1.42 bits per heavy atom. The summed E-state index contributed by atoms with van der Waals surface area (Å²) in [6.45, 7) is 2.91. The number of rotatable bonds is 6. The van der Waals surface area contributed by atoms with Crippen molar-refractivity contribution < 1.29 is 4.39 Å². The molecule has 102 valence electrons. The molecule has 0 saturated heterocycles. The highest BCUT2D eigenvalue weighted by molar-refractivity contribution is 7.99. The lowest BCUT2D eigenvalue weighted by Crippen LogP contribution is -2.18. The van der Waals surface area contributed by atoms with E-state index < -0.39 is 0 Å². The number of hydrogen-bond donors (Lipinski definition) is 1. The Labute approximate surface area is 117 Å². The minimum Gasteiger partial charge on any atom is -0.312 e.